The molecule has 0 bridgehead atoms. The van der Waals surface area contributed by atoms with Crippen molar-refractivity contribution in [2.24, 2.45) is 0 Å². The van der Waals surface area contributed by atoms with Crippen LogP contribution in [-0.2, 0) is 0 Å². The zero-order valence-corrected chi connectivity index (χ0v) is 30.1. The molecule has 4 aromatic heterocycles. The van der Waals surface area contributed by atoms with Crippen LogP contribution in [0.1, 0.15) is 21.9 Å². The molecular formula is C51H31N5S. The number of thiophene rings is 1. The normalized spacial score (nSPS) is 15.8. The summed E-state index contributed by atoms with van der Waals surface area (Å²) in [5.74, 6) is -1.06. The van der Waals surface area contributed by atoms with Crippen LogP contribution in [0.3, 0.4) is 0 Å². The monoisotopic (exact) mass is 761 g/mol. The van der Waals surface area contributed by atoms with Crippen molar-refractivity contribution in [2.75, 3.05) is 0 Å². The maximum absolute atomic E-state index is 9.20. The summed E-state index contributed by atoms with van der Waals surface area (Å²) in [6, 6.07) is 19.2. The second kappa shape index (κ2) is 12.6. The molecule has 0 spiro atoms. The van der Waals surface area contributed by atoms with Gasteiger partial charge in [-0.05, 0) is 64.6 Å². The van der Waals surface area contributed by atoms with Gasteiger partial charge >= 0.3 is 0 Å². The Labute approximate surface area is 353 Å². The first-order valence-corrected chi connectivity index (χ1v) is 18.6. The zero-order chi connectivity index (χ0) is 51.4. The third-order valence-electron chi connectivity index (χ3n) is 10.1. The minimum atomic E-state index is -0.695. The average Bonchev–Trinajstić information content (AvgIpc) is 4.10. The molecule has 0 saturated heterocycles. The molecule has 0 N–H and O–H groups in total. The lowest BCUT2D eigenvalue weighted by Gasteiger charge is -2.13. The summed E-state index contributed by atoms with van der Waals surface area (Å²) >= 11 is 1.73. The van der Waals surface area contributed by atoms with Gasteiger partial charge in [-0.1, -0.05) is 145 Å². The Kier molecular flexibility index (Phi) is 4.40. The Hall–Kier alpha value is -7.41. The number of aromatic nitrogens is 5. The number of hydrogen-bond acceptors (Lipinski definition) is 4. The summed E-state index contributed by atoms with van der Waals surface area (Å²) in [7, 11) is 0. The average molecular weight is 762 g/mol. The molecular weight excluding hydrogens is 715 g/mol. The molecule has 266 valence electrons. The van der Waals surface area contributed by atoms with Crippen molar-refractivity contribution < 1.29 is 21.9 Å². The molecule has 0 amide bonds. The van der Waals surface area contributed by atoms with E-state index in [0.717, 1.165) is 41.3 Å². The predicted molar refractivity (Wildman–Crippen MR) is 238 cm³/mol. The Bertz CT molecular complexity index is 4140. The van der Waals surface area contributed by atoms with E-state index in [0.29, 0.717) is 11.1 Å². The van der Waals surface area contributed by atoms with Crippen LogP contribution in [0.15, 0.2) is 188 Å². The van der Waals surface area contributed by atoms with Gasteiger partial charge in [0.05, 0.1) is 44.0 Å². The van der Waals surface area contributed by atoms with Crippen LogP contribution < -0.4 is 0 Å². The smallest absolute Gasteiger partial charge is 0.240 e. The van der Waals surface area contributed by atoms with E-state index in [-0.39, 0.29) is 49.4 Å². The van der Waals surface area contributed by atoms with Crippen LogP contribution in [0.25, 0.3) is 109 Å². The van der Waals surface area contributed by atoms with E-state index in [2.05, 4.69) is 24.3 Å². The molecule has 0 aliphatic heterocycles. The minimum Gasteiger partial charge on any atom is -0.278 e. The van der Waals surface area contributed by atoms with Gasteiger partial charge in [-0.2, -0.15) is 15.0 Å². The molecule has 4 heterocycles. The van der Waals surface area contributed by atoms with Crippen LogP contribution in [0.5, 0.6) is 0 Å². The molecule has 0 aliphatic carbocycles. The molecule has 0 atom stereocenters. The van der Waals surface area contributed by atoms with E-state index in [1.54, 1.807) is 29.5 Å². The SMILES string of the molecule is [2H]c1c([2H])c([2H])c2c(c1[2H])c1c([2H])c([2H])c([2H])c([2H])c1n2-c1nc(-c2cccc(-c3ccc(-c4cccc5sc6ccccc6c45)cc3)c2)nc(-n2c3c([2H])c([2H])c([2H])c([2H])c3c3c([2H])c([2H])c([2H])c([2H])c32)n1. The molecule has 8 aromatic carbocycles. The van der Waals surface area contributed by atoms with Crippen molar-refractivity contribution in [3.63, 3.8) is 0 Å². The number of para-hydroxylation sites is 4. The van der Waals surface area contributed by atoms with Crippen molar-refractivity contribution in [1.29, 1.82) is 0 Å². The van der Waals surface area contributed by atoms with Crippen LogP contribution in [-0.4, -0.2) is 24.1 Å². The summed E-state index contributed by atoms with van der Waals surface area (Å²) in [5, 5.41) is 1.28. The zero-order valence-electron chi connectivity index (χ0n) is 45.3. The maximum atomic E-state index is 9.20. The quantitative estimate of drug-likeness (QED) is 0.175. The van der Waals surface area contributed by atoms with Gasteiger partial charge in [-0.25, -0.2) is 0 Å². The van der Waals surface area contributed by atoms with Crippen LogP contribution in [0, 0.1) is 0 Å². The van der Waals surface area contributed by atoms with Gasteiger partial charge in [-0.3, -0.25) is 9.13 Å². The Morgan fingerprint density at radius 1 is 0.404 bits per heavy atom. The molecule has 12 rings (SSSR count). The molecule has 0 unspecified atom stereocenters. The highest BCUT2D eigenvalue weighted by Crippen LogP contribution is 2.41. The van der Waals surface area contributed by atoms with Crippen molar-refractivity contribution >= 4 is 75.1 Å². The largest absolute Gasteiger partial charge is 0.278 e. The van der Waals surface area contributed by atoms with Crippen molar-refractivity contribution in [2.45, 2.75) is 0 Å². The fourth-order valence-electron chi connectivity index (χ4n) is 7.62. The fraction of sp³-hybridized carbons (Fsp3) is 0. The highest BCUT2D eigenvalue weighted by molar-refractivity contribution is 7.25. The number of fused-ring (bicyclic) bond motifs is 9. The van der Waals surface area contributed by atoms with Crippen molar-refractivity contribution in [3.05, 3.63) is 188 Å². The van der Waals surface area contributed by atoms with Gasteiger partial charge in [-0.15, -0.1) is 11.3 Å². The van der Waals surface area contributed by atoms with Gasteiger partial charge in [0.15, 0.2) is 5.82 Å². The van der Waals surface area contributed by atoms with Gasteiger partial charge < -0.3 is 0 Å². The van der Waals surface area contributed by atoms with Crippen LogP contribution >= 0.6 is 11.3 Å². The van der Waals surface area contributed by atoms with E-state index in [9.17, 15) is 5.48 Å². The van der Waals surface area contributed by atoms with Gasteiger partial charge in [0.25, 0.3) is 0 Å². The van der Waals surface area contributed by atoms with E-state index >= 15 is 0 Å². The predicted octanol–water partition coefficient (Wildman–Crippen LogP) is 13.4. The van der Waals surface area contributed by atoms with E-state index in [4.69, 9.17) is 31.4 Å². The third-order valence-corrected chi connectivity index (χ3v) is 11.3. The first-order chi connectivity index (χ1) is 34.9. The number of hydrogen-bond donors (Lipinski definition) is 0. The fourth-order valence-corrected chi connectivity index (χ4v) is 8.75. The number of benzene rings is 8. The number of rotatable bonds is 5. The standard InChI is InChI=1S/C51H31N5S/c1-6-21-42-37(15-1)38-16-2-7-22-43(38)55(42)50-52-49(53-51(54-50)56-44-23-8-3-17-39(44)40-18-4-9-24-45(40)56)35-14-11-13-34(31-35)32-27-29-33(30-28-32)36-20-12-26-47-48(36)41-19-5-10-25-46(41)57-47/h1-31H/i1D,2D,3D,4D,6D,7D,8D,9D,15D,16D,17D,18D,21D,22D,23D,24D. The third kappa shape index (κ3) is 4.98. The van der Waals surface area contributed by atoms with Crippen LogP contribution in [0.4, 0.5) is 0 Å². The summed E-state index contributed by atoms with van der Waals surface area (Å²) in [5.41, 5.74) is 2.62. The second-order valence-electron chi connectivity index (χ2n) is 13.3. The summed E-state index contributed by atoms with van der Waals surface area (Å²) in [4.78, 5) is 14.5. The number of nitrogens with zero attached hydrogens (tertiary/aromatic N) is 5. The summed E-state index contributed by atoms with van der Waals surface area (Å²) in [6.45, 7) is 0. The molecule has 0 radical (unpaired) electrons. The second-order valence-corrected chi connectivity index (χ2v) is 14.3. The Morgan fingerprint density at radius 3 is 1.49 bits per heavy atom. The highest BCUT2D eigenvalue weighted by atomic mass is 32.1. The molecule has 12 aromatic rings. The first-order valence-electron chi connectivity index (χ1n) is 25.8. The van der Waals surface area contributed by atoms with Crippen LogP contribution in [0.2, 0.25) is 0 Å². The van der Waals surface area contributed by atoms with E-state index in [1.807, 2.05) is 48.5 Å². The molecule has 5 nitrogen and oxygen atoms in total. The Balaban J connectivity index is 1.16. The Morgan fingerprint density at radius 2 is 0.895 bits per heavy atom. The molecule has 0 fully saturated rings. The lowest BCUT2D eigenvalue weighted by molar-refractivity contribution is 0.893. The first kappa shape index (κ1) is 20.0. The topological polar surface area (TPSA) is 48.5 Å². The lowest BCUT2D eigenvalue weighted by atomic mass is 9.96. The highest BCUT2D eigenvalue weighted by Gasteiger charge is 2.20. The minimum absolute atomic E-state index is 0.136. The molecule has 6 heteroatoms. The van der Waals surface area contributed by atoms with Gasteiger partial charge in [0.1, 0.15) is 0 Å². The van der Waals surface area contributed by atoms with Crippen molar-refractivity contribution in [1.82, 2.24) is 24.1 Å². The summed E-state index contributed by atoms with van der Waals surface area (Å²) in [6.07, 6.45) is 0. The molecule has 57 heavy (non-hydrogen) atoms. The van der Waals surface area contributed by atoms with Crippen molar-refractivity contribution in [3.8, 4) is 45.5 Å². The van der Waals surface area contributed by atoms with Gasteiger partial charge in [0, 0.05) is 47.3 Å². The summed E-state index contributed by atoms with van der Waals surface area (Å²) < 4.78 is 147. The molecule has 0 saturated carbocycles. The maximum Gasteiger partial charge on any atom is 0.240 e. The van der Waals surface area contributed by atoms with E-state index in [1.165, 1.54) is 4.70 Å². The lowest BCUT2D eigenvalue weighted by Crippen LogP contribution is -2.10. The van der Waals surface area contributed by atoms with Gasteiger partial charge in [0.2, 0.25) is 11.9 Å². The van der Waals surface area contributed by atoms with E-state index < -0.39 is 109 Å². The molecule has 0 aliphatic rings.